The van der Waals surface area contributed by atoms with Gasteiger partial charge in [-0.3, -0.25) is 9.78 Å². The van der Waals surface area contributed by atoms with Gasteiger partial charge in [0, 0.05) is 32.1 Å². The maximum Gasteiger partial charge on any atom is 0.170 e. The lowest BCUT2D eigenvalue weighted by Gasteiger charge is -2.05. The summed E-state index contributed by atoms with van der Waals surface area (Å²) in [7, 11) is 0. The Morgan fingerprint density at radius 1 is 1.22 bits per heavy atom. The first kappa shape index (κ1) is 13.2. The predicted molar refractivity (Wildman–Crippen MR) is 78.5 cm³/mol. The Morgan fingerprint density at radius 2 is 2.00 bits per heavy atom. The van der Waals surface area contributed by atoms with Gasteiger partial charge in [-0.1, -0.05) is 15.9 Å². The van der Waals surface area contributed by atoms with E-state index in [4.69, 9.17) is 5.73 Å². The molecule has 92 valence electrons. The molecule has 0 aliphatic heterocycles. The van der Waals surface area contributed by atoms with Crippen LogP contribution in [-0.2, 0) is 6.42 Å². The number of Topliss-reactive ketones (excluding diaryl/α,β-unsaturated/α-hetero) is 1. The largest absolute Gasteiger partial charge is 0.399 e. The minimum atomic E-state index is -0.0102. The van der Waals surface area contributed by atoms with E-state index in [9.17, 15) is 4.79 Å². The molecule has 0 bridgehead atoms. The predicted octanol–water partition coefficient (Wildman–Crippen LogP) is 3.61. The van der Waals surface area contributed by atoms with Gasteiger partial charge in [-0.25, -0.2) is 0 Å². The number of aromatic nitrogens is 1. The van der Waals surface area contributed by atoms with Crippen molar-refractivity contribution in [1.29, 1.82) is 0 Å². The molecule has 0 spiro atoms. The van der Waals surface area contributed by atoms with E-state index in [0.717, 1.165) is 14.6 Å². The van der Waals surface area contributed by atoms with Gasteiger partial charge in [0.2, 0.25) is 0 Å². The number of rotatable bonds is 3. The molecule has 3 nitrogen and oxygen atoms in total. The first-order valence-electron chi connectivity index (χ1n) is 5.25. The van der Waals surface area contributed by atoms with E-state index in [0.29, 0.717) is 11.3 Å². The lowest BCUT2D eigenvalue weighted by molar-refractivity contribution is 0.0991. The van der Waals surface area contributed by atoms with Gasteiger partial charge < -0.3 is 5.73 Å². The first-order valence-corrected chi connectivity index (χ1v) is 6.83. The molecule has 2 rings (SSSR count). The molecule has 0 fully saturated rings. The number of hydrogen-bond donors (Lipinski definition) is 1. The SMILES string of the molecule is Nc1ccc(Br)c(C(=O)Cc2ccc(Br)cn2)c1. The molecule has 1 aromatic heterocycles. The van der Waals surface area contributed by atoms with Gasteiger partial charge in [-0.05, 0) is 46.3 Å². The monoisotopic (exact) mass is 368 g/mol. The summed E-state index contributed by atoms with van der Waals surface area (Å²) in [5.41, 5.74) is 7.57. The lowest BCUT2D eigenvalue weighted by atomic mass is 10.1. The molecular formula is C13H10Br2N2O. The molecule has 18 heavy (non-hydrogen) atoms. The van der Waals surface area contributed by atoms with Crippen LogP contribution < -0.4 is 5.73 Å². The molecule has 0 amide bonds. The summed E-state index contributed by atoms with van der Waals surface area (Å²) in [5, 5.41) is 0. The van der Waals surface area contributed by atoms with Gasteiger partial charge in [-0.2, -0.15) is 0 Å². The van der Waals surface area contributed by atoms with Crippen LogP contribution in [0.25, 0.3) is 0 Å². The van der Waals surface area contributed by atoms with Crippen LogP contribution in [0.4, 0.5) is 5.69 Å². The van der Waals surface area contributed by atoms with Crippen LogP contribution in [0.5, 0.6) is 0 Å². The third-order valence-electron chi connectivity index (χ3n) is 2.42. The zero-order valence-corrected chi connectivity index (χ0v) is 12.5. The molecule has 2 N–H and O–H groups in total. The summed E-state index contributed by atoms with van der Waals surface area (Å²) in [6, 6.07) is 8.88. The number of carbonyl (C=O) groups excluding carboxylic acids is 1. The number of nitrogens with two attached hydrogens (primary N) is 1. The Labute approximate surface area is 122 Å². The molecule has 0 aliphatic carbocycles. The number of hydrogen-bond acceptors (Lipinski definition) is 3. The standard InChI is InChI=1S/C13H10Br2N2O/c14-8-1-3-10(17-7-8)6-13(18)11-5-9(16)2-4-12(11)15/h1-5,7H,6,16H2. The van der Waals surface area contributed by atoms with Gasteiger partial charge in [-0.15, -0.1) is 0 Å². The van der Waals surface area contributed by atoms with E-state index >= 15 is 0 Å². The minimum Gasteiger partial charge on any atom is -0.399 e. The van der Waals surface area contributed by atoms with Crippen LogP contribution in [0.1, 0.15) is 16.1 Å². The summed E-state index contributed by atoms with van der Waals surface area (Å²) in [6.07, 6.45) is 1.94. The van der Waals surface area contributed by atoms with Crippen LogP contribution in [-0.4, -0.2) is 10.8 Å². The van der Waals surface area contributed by atoms with Gasteiger partial charge in [0.05, 0.1) is 6.42 Å². The fraction of sp³-hybridized carbons (Fsp3) is 0.0769. The van der Waals surface area contributed by atoms with Gasteiger partial charge in [0.1, 0.15) is 0 Å². The molecule has 0 saturated heterocycles. The number of nitrogens with zero attached hydrogens (tertiary/aromatic N) is 1. The van der Waals surface area contributed by atoms with Crippen molar-refractivity contribution in [2.45, 2.75) is 6.42 Å². The topological polar surface area (TPSA) is 56.0 Å². The summed E-state index contributed by atoms with van der Waals surface area (Å²) in [5.74, 6) is -0.0102. The highest BCUT2D eigenvalue weighted by molar-refractivity contribution is 9.10. The maximum absolute atomic E-state index is 12.1. The van der Waals surface area contributed by atoms with Crippen LogP contribution in [0.3, 0.4) is 0 Å². The van der Waals surface area contributed by atoms with Crippen LogP contribution in [0.2, 0.25) is 0 Å². The van der Waals surface area contributed by atoms with Crippen molar-refractivity contribution in [3.8, 4) is 0 Å². The van der Waals surface area contributed by atoms with Crippen molar-refractivity contribution in [1.82, 2.24) is 4.98 Å². The van der Waals surface area contributed by atoms with E-state index < -0.39 is 0 Å². The van der Waals surface area contributed by atoms with E-state index in [1.54, 1.807) is 24.4 Å². The highest BCUT2D eigenvalue weighted by atomic mass is 79.9. The zero-order valence-electron chi connectivity index (χ0n) is 9.36. The number of pyridine rings is 1. The Morgan fingerprint density at radius 3 is 2.67 bits per heavy atom. The van der Waals surface area contributed by atoms with E-state index in [2.05, 4.69) is 36.8 Å². The Kier molecular flexibility index (Phi) is 4.14. The van der Waals surface area contributed by atoms with Crippen LogP contribution >= 0.6 is 31.9 Å². The second kappa shape index (κ2) is 5.63. The number of carbonyl (C=O) groups is 1. The van der Waals surface area contributed by atoms with Crippen molar-refractivity contribution in [3.63, 3.8) is 0 Å². The summed E-state index contributed by atoms with van der Waals surface area (Å²) >= 11 is 6.66. The molecule has 0 aliphatic rings. The highest BCUT2D eigenvalue weighted by Gasteiger charge is 2.12. The quantitative estimate of drug-likeness (QED) is 0.664. The molecule has 1 heterocycles. The number of halogens is 2. The van der Waals surface area contributed by atoms with E-state index in [-0.39, 0.29) is 12.2 Å². The van der Waals surface area contributed by atoms with Crippen molar-refractivity contribution in [3.05, 3.63) is 56.7 Å². The van der Waals surface area contributed by atoms with Crippen molar-refractivity contribution in [2.24, 2.45) is 0 Å². The van der Waals surface area contributed by atoms with Crippen molar-refractivity contribution in [2.75, 3.05) is 5.73 Å². The summed E-state index contributed by atoms with van der Waals surface area (Å²) < 4.78 is 1.64. The van der Waals surface area contributed by atoms with Gasteiger partial charge in [0.15, 0.2) is 5.78 Å². The second-order valence-electron chi connectivity index (χ2n) is 3.81. The molecule has 0 atom stereocenters. The fourth-order valence-corrected chi connectivity index (χ4v) is 2.23. The molecular weight excluding hydrogens is 360 g/mol. The average Bonchev–Trinajstić information content (AvgIpc) is 2.35. The van der Waals surface area contributed by atoms with Gasteiger partial charge in [0.25, 0.3) is 0 Å². The number of benzene rings is 1. The molecule has 1 aromatic carbocycles. The van der Waals surface area contributed by atoms with Gasteiger partial charge >= 0.3 is 0 Å². The van der Waals surface area contributed by atoms with Crippen LogP contribution in [0.15, 0.2) is 45.5 Å². The van der Waals surface area contributed by atoms with E-state index in [1.807, 2.05) is 12.1 Å². The minimum absolute atomic E-state index is 0.0102. The highest BCUT2D eigenvalue weighted by Crippen LogP contribution is 2.21. The third kappa shape index (κ3) is 3.17. The number of nitrogen functional groups attached to an aromatic ring is 1. The molecule has 5 heteroatoms. The van der Waals surface area contributed by atoms with E-state index in [1.165, 1.54) is 0 Å². The van der Waals surface area contributed by atoms with Crippen molar-refractivity contribution >= 4 is 43.3 Å². The maximum atomic E-state index is 12.1. The summed E-state index contributed by atoms with van der Waals surface area (Å²) in [4.78, 5) is 16.3. The first-order chi connectivity index (χ1) is 8.56. The molecule has 0 saturated carbocycles. The lowest BCUT2D eigenvalue weighted by Crippen LogP contribution is -2.06. The molecule has 0 radical (unpaired) electrons. The Balaban J connectivity index is 2.21. The molecule has 0 unspecified atom stereocenters. The normalized spacial score (nSPS) is 10.3. The Hall–Kier alpha value is -1.20. The Bertz CT molecular complexity index is 582. The van der Waals surface area contributed by atoms with Crippen molar-refractivity contribution < 1.29 is 4.79 Å². The molecule has 2 aromatic rings. The van der Waals surface area contributed by atoms with Crippen LogP contribution in [0, 0.1) is 0 Å². The smallest absolute Gasteiger partial charge is 0.170 e. The average molecular weight is 370 g/mol. The second-order valence-corrected chi connectivity index (χ2v) is 5.58. The summed E-state index contributed by atoms with van der Waals surface area (Å²) in [6.45, 7) is 0. The fourth-order valence-electron chi connectivity index (χ4n) is 1.53. The zero-order chi connectivity index (χ0) is 13.1. The third-order valence-corrected chi connectivity index (χ3v) is 3.58. The number of ketones is 1. The number of anilines is 1.